The Balaban J connectivity index is 1.87. The van der Waals surface area contributed by atoms with Gasteiger partial charge in [-0.15, -0.1) is 11.3 Å². The molecule has 1 aromatic heterocycles. The molecule has 3 rings (SSSR count). The van der Waals surface area contributed by atoms with Crippen molar-refractivity contribution in [1.29, 1.82) is 0 Å². The van der Waals surface area contributed by atoms with Crippen LogP contribution in [-0.2, 0) is 4.74 Å². The Labute approximate surface area is 194 Å². The van der Waals surface area contributed by atoms with Gasteiger partial charge in [-0.25, -0.2) is 4.79 Å². The summed E-state index contributed by atoms with van der Waals surface area (Å²) in [4.78, 5) is 38.2. The predicted octanol–water partition coefficient (Wildman–Crippen LogP) is 5.40. The standard InChI is InChI=1S/C23H21ClN2O5S/c1-4-31-17-11-9-16(10-12-17)25-21(28)19-13(2)18(23(29)30-3)22(32-19)26-20(27)14-5-7-15(24)8-6-14/h5-12H,4H2,1-3H3,(H,25,28)(H,26,27). The van der Waals surface area contributed by atoms with E-state index in [0.717, 1.165) is 11.3 Å². The molecule has 9 heteroatoms. The quantitative estimate of drug-likeness (QED) is 0.449. The SMILES string of the molecule is CCOc1ccc(NC(=O)c2sc(NC(=O)c3ccc(Cl)cc3)c(C(=O)OC)c2C)cc1. The molecule has 2 N–H and O–H groups in total. The fraction of sp³-hybridized carbons (Fsp3) is 0.174. The number of methoxy groups -OCH3 is 1. The topological polar surface area (TPSA) is 93.7 Å². The van der Waals surface area contributed by atoms with Gasteiger partial charge < -0.3 is 20.1 Å². The third-order valence-corrected chi connectivity index (χ3v) is 5.96. The Morgan fingerprint density at radius 3 is 2.22 bits per heavy atom. The molecule has 0 aliphatic heterocycles. The van der Waals surface area contributed by atoms with Gasteiger partial charge in [0.1, 0.15) is 10.8 Å². The molecule has 1 heterocycles. The molecule has 0 aliphatic carbocycles. The number of halogens is 1. The average molecular weight is 473 g/mol. The number of hydrogen-bond acceptors (Lipinski definition) is 6. The maximum atomic E-state index is 12.9. The molecule has 2 aromatic carbocycles. The second kappa shape index (κ2) is 10.3. The third-order valence-electron chi connectivity index (χ3n) is 4.50. The smallest absolute Gasteiger partial charge is 0.341 e. The van der Waals surface area contributed by atoms with Gasteiger partial charge in [0.25, 0.3) is 11.8 Å². The zero-order chi connectivity index (χ0) is 23.3. The summed E-state index contributed by atoms with van der Waals surface area (Å²) in [7, 11) is 1.24. The van der Waals surface area contributed by atoms with Gasteiger partial charge in [-0.3, -0.25) is 9.59 Å². The molecule has 0 fully saturated rings. The van der Waals surface area contributed by atoms with Gasteiger partial charge in [-0.2, -0.15) is 0 Å². The summed E-state index contributed by atoms with van der Waals surface area (Å²) in [6.45, 7) is 4.06. The second-order valence-electron chi connectivity index (χ2n) is 6.62. The number of anilines is 2. The van der Waals surface area contributed by atoms with Gasteiger partial charge in [0.2, 0.25) is 0 Å². The number of amides is 2. The number of rotatable bonds is 7. The number of carbonyl (C=O) groups is 3. The minimum absolute atomic E-state index is 0.136. The molecule has 32 heavy (non-hydrogen) atoms. The summed E-state index contributed by atoms with van der Waals surface area (Å²) in [5.74, 6) is -0.802. The fourth-order valence-electron chi connectivity index (χ4n) is 2.93. The van der Waals surface area contributed by atoms with Crippen LogP contribution in [0.1, 0.15) is 42.9 Å². The van der Waals surface area contributed by atoms with Crippen molar-refractivity contribution in [1.82, 2.24) is 0 Å². The fourth-order valence-corrected chi connectivity index (χ4v) is 4.14. The van der Waals surface area contributed by atoms with E-state index >= 15 is 0 Å². The van der Waals surface area contributed by atoms with Crippen LogP contribution in [0.15, 0.2) is 48.5 Å². The van der Waals surface area contributed by atoms with E-state index in [4.69, 9.17) is 21.1 Å². The Hall–Kier alpha value is -3.36. The molecule has 2 amide bonds. The Morgan fingerprint density at radius 1 is 0.969 bits per heavy atom. The number of hydrogen-bond donors (Lipinski definition) is 2. The number of benzene rings is 2. The van der Waals surface area contributed by atoms with Gasteiger partial charge in [-0.05, 0) is 67.9 Å². The van der Waals surface area contributed by atoms with Crippen LogP contribution in [0, 0.1) is 6.92 Å². The molecular formula is C23H21ClN2O5S. The number of nitrogens with one attached hydrogen (secondary N) is 2. The van der Waals surface area contributed by atoms with Crippen molar-refractivity contribution in [2.45, 2.75) is 13.8 Å². The molecule has 166 valence electrons. The maximum absolute atomic E-state index is 12.9. The van der Waals surface area contributed by atoms with Crippen molar-refractivity contribution in [2.24, 2.45) is 0 Å². The van der Waals surface area contributed by atoms with Crippen LogP contribution in [0.2, 0.25) is 5.02 Å². The first kappa shape index (κ1) is 23.3. The van der Waals surface area contributed by atoms with Crippen molar-refractivity contribution in [3.8, 4) is 5.75 Å². The molecule has 0 bridgehead atoms. The number of ether oxygens (including phenoxy) is 2. The van der Waals surface area contributed by atoms with E-state index in [1.807, 2.05) is 6.92 Å². The van der Waals surface area contributed by atoms with E-state index in [9.17, 15) is 14.4 Å². The monoisotopic (exact) mass is 472 g/mol. The Morgan fingerprint density at radius 2 is 1.62 bits per heavy atom. The molecule has 0 saturated heterocycles. The van der Waals surface area contributed by atoms with E-state index in [0.29, 0.717) is 34.2 Å². The van der Waals surface area contributed by atoms with Crippen molar-refractivity contribution in [2.75, 3.05) is 24.4 Å². The molecule has 0 atom stereocenters. The van der Waals surface area contributed by atoms with Crippen LogP contribution in [-0.4, -0.2) is 31.5 Å². The minimum Gasteiger partial charge on any atom is -0.494 e. The highest BCUT2D eigenvalue weighted by atomic mass is 35.5. The summed E-state index contributed by atoms with van der Waals surface area (Å²) < 4.78 is 10.3. The minimum atomic E-state index is -0.648. The molecule has 0 spiro atoms. The third kappa shape index (κ3) is 5.27. The molecule has 0 saturated carbocycles. The highest BCUT2D eigenvalue weighted by Gasteiger charge is 2.26. The van der Waals surface area contributed by atoms with E-state index in [-0.39, 0.29) is 15.4 Å². The lowest BCUT2D eigenvalue weighted by atomic mass is 10.1. The van der Waals surface area contributed by atoms with Crippen LogP contribution >= 0.6 is 22.9 Å². The van der Waals surface area contributed by atoms with E-state index < -0.39 is 17.8 Å². The summed E-state index contributed by atoms with van der Waals surface area (Å²) in [6.07, 6.45) is 0. The van der Waals surface area contributed by atoms with Crippen molar-refractivity contribution in [3.05, 3.63) is 75.1 Å². The summed E-state index contributed by atoms with van der Waals surface area (Å²) in [5, 5.41) is 6.22. The van der Waals surface area contributed by atoms with Crippen LogP contribution in [0.3, 0.4) is 0 Å². The summed E-state index contributed by atoms with van der Waals surface area (Å²) in [6, 6.07) is 13.2. The van der Waals surface area contributed by atoms with Gasteiger partial charge in [0.15, 0.2) is 0 Å². The molecule has 0 unspecified atom stereocenters. The van der Waals surface area contributed by atoms with Gasteiger partial charge in [0.05, 0.1) is 24.2 Å². The van der Waals surface area contributed by atoms with E-state index in [1.165, 1.54) is 7.11 Å². The first-order valence-electron chi connectivity index (χ1n) is 9.66. The van der Waals surface area contributed by atoms with Gasteiger partial charge >= 0.3 is 5.97 Å². The highest BCUT2D eigenvalue weighted by Crippen LogP contribution is 2.34. The first-order valence-corrected chi connectivity index (χ1v) is 10.9. The van der Waals surface area contributed by atoms with Crippen molar-refractivity contribution >= 4 is 51.4 Å². The van der Waals surface area contributed by atoms with E-state index in [1.54, 1.807) is 55.5 Å². The van der Waals surface area contributed by atoms with Crippen LogP contribution in [0.25, 0.3) is 0 Å². The molecular weight excluding hydrogens is 452 g/mol. The van der Waals surface area contributed by atoms with E-state index in [2.05, 4.69) is 10.6 Å². The summed E-state index contributed by atoms with van der Waals surface area (Å²) in [5.41, 5.74) is 1.47. The molecule has 7 nitrogen and oxygen atoms in total. The maximum Gasteiger partial charge on any atom is 0.341 e. The number of thiophene rings is 1. The van der Waals surface area contributed by atoms with Crippen molar-refractivity contribution < 1.29 is 23.9 Å². The second-order valence-corrected chi connectivity index (χ2v) is 8.08. The van der Waals surface area contributed by atoms with Crippen LogP contribution in [0.5, 0.6) is 5.75 Å². The van der Waals surface area contributed by atoms with Crippen LogP contribution < -0.4 is 15.4 Å². The zero-order valence-electron chi connectivity index (χ0n) is 17.7. The Bertz CT molecular complexity index is 1140. The molecule has 0 radical (unpaired) electrons. The first-order chi connectivity index (χ1) is 15.3. The number of carbonyl (C=O) groups excluding carboxylic acids is 3. The zero-order valence-corrected chi connectivity index (χ0v) is 19.2. The normalized spacial score (nSPS) is 10.4. The van der Waals surface area contributed by atoms with Crippen LogP contribution in [0.4, 0.5) is 10.7 Å². The predicted molar refractivity (Wildman–Crippen MR) is 125 cm³/mol. The lowest BCUT2D eigenvalue weighted by Gasteiger charge is -2.07. The lowest BCUT2D eigenvalue weighted by Crippen LogP contribution is -2.14. The van der Waals surface area contributed by atoms with Gasteiger partial charge in [0, 0.05) is 16.3 Å². The molecule has 3 aromatic rings. The Kier molecular flexibility index (Phi) is 7.50. The molecule has 0 aliphatic rings. The highest BCUT2D eigenvalue weighted by molar-refractivity contribution is 7.19. The largest absolute Gasteiger partial charge is 0.494 e. The average Bonchev–Trinajstić information content (AvgIpc) is 3.11. The van der Waals surface area contributed by atoms with Crippen molar-refractivity contribution in [3.63, 3.8) is 0 Å². The summed E-state index contributed by atoms with van der Waals surface area (Å²) >= 11 is 6.87. The van der Waals surface area contributed by atoms with Gasteiger partial charge in [-0.1, -0.05) is 11.6 Å². The lowest BCUT2D eigenvalue weighted by molar-refractivity contribution is 0.0601. The number of esters is 1.